The van der Waals surface area contributed by atoms with Crippen LogP contribution in [-0.2, 0) is 11.2 Å². The van der Waals surface area contributed by atoms with Gasteiger partial charge >= 0.3 is 6.03 Å². The van der Waals surface area contributed by atoms with Crippen molar-refractivity contribution in [3.05, 3.63) is 35.9 Å². The first-order chi connectivity index (χ1) is 12.4. The molecule has 6 heteroatoms. The van der Waals surface area contributed by atoms with Gasteiger partial charge in [0.05, 0.1) is 6.54 Å². The predicted octanol–water partition coefficient (Wildman–Crippen LogP) is 1.57. The molecule has 1 fully saturated rings. The number of benzene rings is 1. The zero-order chi connectivity index (χ0) is 19.1. The Morgan fingerprint density at radius 2 is 1.88 bits per heavy atom. The van der Waals surface area contributed by atoms with E-state index in [-0.39, 0.29) is 18.0 Å². The molecule has 2 N–H and O–H groups in total. The van der Waals surface area contributed by atoms with Gasteiger partial charge in [0.25, 0.3) is 0 Å². The normalized spacial score (nSPS) is 20.2. The maximum Gasteiger partial charge on any atom is 0.317 e. The van der Waals surface area contributed by atoms with Crippen LogP contribution in [-0.4, -0.2) is 68.1 Å². The third-order valence-electron chi connectivity index (χ3n) is 4.96. The molecule has 0 bridgehead atoms. The maximum absolute atomic E-state index is 12.3. The predicted molar refractivity (Wildman–Crippen MR) is 104 cm³/mol. The van der Waals surface area contributed by atoms with Crippen LogP contribution in [0.4, 0.5) is 4.79 Å². The molecule has 3 amide bonds. The Balaban J connectivity index is 1.79. The average molecular weight is 361 g/mol. The number of nitrogens with one attached hydrogen (secondary N) is 2. The van der Waals surface area contributed by atoms with Crippen LogP contribution in [0.5, 0.6) is 0 Å². The first kappa shape index (κ1) is 20.2. The second-order valence-electron chi connectivity index (χ2n) is 7.64. The lowest BCUT2D eigenvalue weighted by Crippen LogP contribution is -2.46. The standard InChI is InChI=1S/C20H32N4O2/c1-15(2)17-12-24(13-18(17)22-20(26)23(3)4)14-19(25)21-11-10-16-8-6-5-7-9-16/h5-9,15,17-18H,10-14H2,1-4H3,(H,21,25)(H,22,26). The van der Waals surface area contributed by atoms with Gasteiger partial charge < -0.3 is 15.5 Å². The average Bonchev–Trinajstić information content (AvgIpc) is 2.98. The third kappa shape index (κ3) is 6.02. The molecule has 26 heavy (non-hydrogen) atoms. The van der Waals surface area contributed by atoms with Crippen LogP contribution in [0, 0.1) is 11.8 Å². The number of urea groups is 1. The van der Waals surface area contributed by atoms with Gasteiger partial charge in [-0.15, -0.1) is 0 Å². The van der Waals surface area contributed by atoms with Gasteiger partial charge in [-0.05, 0) is 23.8 Å². The Labute approximate surface area is 156 Å². The highest BCUT2D eigenvalue weighted by Gasteiger charge is 2.36. The molecule has 1 heterocycles. The number of likely N-dealkylation sites (tertiary alicyclic amines) is 1. The van der Waals surface area contributed by atoms with Crippen molar-refractivity contribution in [1.29, 1.82) is 0 Å². The smallest absolute Gasteiger partial charge is 0.317 e. The number of rotatable bonds is 7. The van der Waals surface area contributed by atoms with E-state index in [0.29, 0.717) is 31.5 Å². The van der Waals surface area contributed by atoms with Gasteiger partial charge in [-0.1, -0.05) is 44.2 Å². The molecular formula is C20H32N4O2. The van der Waals surface area contributed by atoms with Gasteiger partial charge in [-0.2, -0.15) is 0 Å². The van der Waals surface area contributed by atoms with E-state index in [1.807, 2.05) is 18.2 Å². The second-order valence-corrected chi connectivity index (χ2v) is 7.64. The van der Waals surface area contributed by atoms with Gasteiger partial charge in [0, 0.05) is 39.8 Å². The van der Waals surface area contributed by atoms with E-state index in [9.17, 15) is 9.59 Å². The van der Waals surface area contributed by atoms with E-state index < -0.39 is 0 Å². The summed E-state index contributed by atoms with van der Waals surface area (Å²) in [5.41, 5.74) is 1.22. The topological polar surface area (TPSA) is 64.7 Å². The monoisotopic (exact) mass is 360 g/mol. The van der Waals surface area contributed by atoms with Gasteiger partial charge in [-0.3, -0.25) is 9.69 Å². The minimum Gasteiger partial charge on any atom is -0.355 e. The van der Waals surface area contributed by atoms with Crippen molar-refractivity contribution >= 4 is 11.9 Å². The van der Waals surface area contributed by atoms with Crippen LogP contribution in [0.3, 0.4) is 0 Å². The number of nitrogens with zero attached hydrogens (tertiary/aromatic N) is 2. The Morgan fingerprint density at radius 3 is 2.50 bits per heavy atom. The first-order valence-corrected chi connectivity index (χ1v) is 9.37. The van der Waals surface area contributed by atoms with Crippen molar-refractivity contribution in [2.45, 2.75) is 26.3 Å². The Bertz CT molecular complexity index is 589. The van der Waals surface area contributed by atoms with E-state index in [0.717, 1.165) is 13.0 Å². The number of hydrogen-bond donors (Lipinski definition) is 2. The summed E-state index contributed by atoms with van der Waals surface area (Å²) in [4.78, 5) is 27.9. The summed E-state index contributed by atoms with van der Waals surface area (Å²) in [5, 5.41) is 6.09. The molecule has 1 aliphatic heterocycles. The summed E-state index contributed by atoms with van der Waals surface area (Å²) in [5.74, 6) is 0.854. The van der Waals surface area contributed by atoms with Gasteiger partial charge in [-0.25, -0.2) is 4.79 Å². The van der Waals surface area contributed by atoms with Gasteiger partial charge in [0.2, 0.25) is 5.91 Å². The Hall–Kier alpha value is -2.08. The Kier molecular flexibility index (Phi) is 7.45. The molecule has 0 aromatic heterocycles. The van der Waals surface area contributed by atoms with Crippen LogP contribution in [0.15, 0.2) is 30.3 Å². The van der Waals surface area contributed by atoms with Crippen LogP contribution in [0.1, 0.15) is 19.4 Å². The van der Waals surface area contributed by atoms with Crippen molar-refractivity contribution in [3.8, 4) is 0 Å². The number of hydrogen-bond acceptors (Lipinski definition) is 3. The third-order valence-corrected chi connectivity index (χ3v) is 4.96. The van der Waals surface area contributed by atoms with E-state index >= 15 is 0 Å². The lowest BCUT2D eigenvalue weighted by atomic mass is 9.91. The fourth-order valence-electron chi connectivity index (χ4n) is 3.41. The first-order valence-electron chi connectivity index (χ1n) is 9.37. The van der Waals surface area contributed by atoms with Crippen molar-refractivity contribution in [1.82, 2.24) is 20.4 Å². The molecule has 0 aliphatic carbocycles. The molecule has 0 spiro atoms. The molecule has 1 aliphatic rings. The lowest BCUT2D eigenvalue weighted by Gasteiger charge is -2.24. The zero-order valence-electron chi connectivity index (χ0n) is 16.4. The number of carbonyl (C=O) groups excluding carboxylic acids is 2. The summed E-state index contributed by atoms with van der Waals surface area (Å²) in [6, 6.07) is 10.2. The summed E-state index contributed by atoms with van der Waals surface area (Å²) < 4.78 is 0. The molecule has 0 radical (unpaired) electrons. The highest BCUT2D eigenvalue weighted by Crippen LogP contribution is 2.24. The molecule has 0 saturated carbocycles. The molecule has 1 saturated heterocycles. The van der Waals surface area contributed by atoms with Crippen LogP contribution in [0.2, 0.25) is 0 Å². The van der Waals surface area contributed by atoms with E-state index in [1.165, 1.54) is 5.56 Å². The molecule has 1 aromatic rings. The Morgan fingerprint density at radius 1 is 1.19 bits per heavy atom. The molecule has 6 nitrogen and oxygen atoms in total. The SMILES string of the molecule is CC(C)C1CN(CC(=O)NCCc2ccccc2)CC1NC(=O)N(C)C. The summed E-state index contributed by atoms with van der Waals surface area (Å²) in [7, 11) is 3.49. The summed E-state index contributed by atoms with van der Waals surface area (Å²) >= 11 is 0. The maximum atomic E-state index is 12.3. The van der Waals surface area contributed by atoms with E-state index in [2.05, 4.69) is 41.5 Å². The minimum absolute atomic E-state index is 0.0445. The second kappa shape index (κ2) is 9.57. The van der Waals surface area contributed by atoms with Crippen molar-refractivity contribution < 1.29 is 9.59 Å². The van der Waals surface area contributed by atoms with Crippen molar-refractivity contribution in [2.24, 2.45) is 11.8 Å². The summed E-state index contributed by atoms with van der Waals surface area (Å²) in [6.45, 7) is 6.92. The van der Waals surface area contributed by atoms with Crippen molar-refractivity contribution in [2.75, 3.05) is 40.3 Å². The molecule has 2 rings (SSSR count). The molecule has 144 valence electrons. The highest BCUT2D eigenvalue weighted by atomic mass is 16.2. The summed E-state index contributed by atoms with van der Waals surface area (Å²) in [6.07, 6.45) is 0.836. The minimum atomic E-state index is -0.0742. The quantitative estimate of drug-likeness (QED) is 0.776. The largest absolute Gasteiger partial charge is 0.355 e. The number of amides is 3. The van der Waals surface area contributed by atoms with Gasteiger partial charge in [0.1, 0.15) is 0 Å². The fourth-order valence-corrected chi connectivity index (χ4v) is 3.41. The van der Waals surface area contributed by atoms with Gasteiger partial charge in [0.15, 0.2) is 0 Å². The molecule has 2 unspecified atom stereocenters. The fraction of sp³-hybridized carbons (Fsp3) is 0.600. The highest BCUT2D eigenvalue weighted by molar-refractivity contribution is 5.78. The number of carbonyl (C=O) groups is 2. The van der Waals surface area contributed by atoms with E-state index in [4.69, 9.17) is 0 Å². The van der Waals surface area contributed by atoms with Crippen molar-refractivity contribution in [3.63, 3.8) is 0 Å². The molecular weight excluding hydrogens is 328 g/mol. The molecule has 1 aromatic carbocycles. The van der Waals surface area contributed by atoms with E-state index in [1.54, 1.807) is 19.0 Å². The lowest BCUT2D eigenvalue weighted by molar-refractivity contribution is -0.122. The van der Waals surface area contributed by atoms with Crippen LogP contribution >= 0.6 is 0 Å². The van der Waals surface area contributed by atoms with Crippen LogP contribution < -0.4 is 10.6 Å². The zero-order valence-corrected chi connectivity index (χ0v) is 16.4. The molecule has 2 atom stereocenters. The van der Waals surface area contributed by atoms with Crippen LogP contribution in [0.25, 0.3) is 0 Å².